The van der Waals surface area contributed by atoms with E-state index in [0.717, 1.165) is 45.6 Å². The Morgan fingerprint density at radius 3 is 2.36 bits per heavy atom. The van der Waals surface area contributed by atoms with Crippen LogP contribution in [0.25, 0.3) is 0 Å². The molecule has 0 spiro atoms. The number of piperidine rings is 2. The quantitative estimate of drug-likeness (QED) is 0.841. The molecule has 3 fully saturated rings. The molecule has 0 aromatic carbocycles. The number of carbonyl (C=O) groups excluding carboxylic acids is 1. The third-order valence-electron chi connectivity index (χ3n) is 6.36. The van der Waals surface area contributed by atoms with E-state index in [1.165, 1.54) is 44.3 Å². The number of nitrogens with zero attached hydrogens (tertiary/aromatic N) is 3. The van der Waals surface area contributed by atoms with Crippen LogP contribution in [0.4, 0.5) is 0 Å². The molecule has 4 rings (SSSR count). The van der Waals surface area contributed by atoms with Gasteiger partial charge in [-0.2, -0.15) is 0 Å². The van der Waals surface area contributed by atoms with Crippen molar-refractivity contribution in [1.29, 1.82) is 0 Å². The van der Waals surface area contributed by atoms with Crippen LogP contribution in [-0.4, -0.2) is 65.9 Å². The van der Waals surface area contributed by atoms with Crippen molar-refractivity contribution in [2.45, 2.75) is 51.1 Å². The Kier molecular flexibility index (Phi) is 5.42. The molecule has 1 aromatic heterocycles. The lowest BCUT2D eigenvalue weighted by Gasteiger charge is -2.42. The van der Waals surface area contributed by atoms with Crippen LogP contribution in [0.2, 0.25) is 0 Å². The van der Waals surface area contributed by atoms with E-state index in [1.807, 2.05) is 6.26 Å². The minimum absolute atomic E-state index is 0.288. The number of amides is 1. The van der Waals surface area contributed by atoms with Crippen LogP contribution < -0.4 is 0 Å². The monoisotopic (exact) mass is 345 g/mol. The first kappa shape index (κ1) is 17.1. The Balaban J connectivity index is 1.20. The van der Waals surface area contributed by atoms with E-state index in [-0.39, 0.29) is 5.92 Å². The molecular formula is C20H31N3O2. The fourth-order valence-electron chi connectivity index (χ4n) is 4.79. The molecule has 138 valence electrons. The standard InChI is InChI=1S/C20H31N3O2/c24-20(23-8-1-2-9-23)18-3-12-22(13-4-18)19-5-10-21(11-6-19)15-17-7-14-25-16-17/h7,14,16,18-19H,1-6,8-13,15H2. The average molecular weight is 345 g/mol. The molecule has 0 bridgehead atoms. The lowest BCUT2D eigenvalue weighted by molar-refractivity contribution is -0.136. The molecule has 3 saturated heterocycles. The van der Waals surface area contributed by atoms with E-state index in [4.69, 9.17) is 4.42 Å². The number of carbonyl (C=O) groups is 1. The minimum Gasteiger partial charge on any atom is -0.472 e. The zero-order valence-corrected chi connectivity index (χ0v) is 15.2. The highest BCUT2D eigenvalue weighted by Gasteiger charge is 2.33. The van der Waals surface area contributed by atoms with Gasteiger partial charge in [0.2, 0.25) is 5.91 Å². The van der Waals surface area contributed by atoms with Crippen LogP contribution in [0.5, 0.6) is 0 Å². The predicted molar refractivity (Wildman–Crippen MR) is 97.1 cm³/mol. The van der Waals surface area contributed by atoms with Crippen LogP contribution in [0, 0.1) is 5.92 Å². The second-order valence-corrected chi connectivity index (χ2v) is 7.98. The maximum atomic E-state index is 12.6. The Hall–Kier alpha value is -1.33. The zero-order valence-electron chi connectivity index (χ0n) is 15.2. The third kappa shape index (κ3) is 4.09. The molecule has 4 heterocycles. The lowest BCUT2D eigenvalue weighted by Crippen LogP contribution is -2.49. The maximum Gasteiger partial charge on any atom is 0.225 e. The number of rotatable bonds is 4. The van der Waals surface area contributed by atoms with Crippen LogP contribution in [-0.2, 0) is 11.3 Å². The van der Waals surface area contributed by atoms with Crippen molar-refractivity contribution in [3.8, 4) is 0 Å². The second-order valence-electron chi connectivity index (χ2n) is 7.98. The summed E-state index contributed by atoms with van der Waals surface area (Å²) in [6.07, 6.45) is 10.6. The Morgan fingerprint density at radius 2 is 1.72 bits per heavy atom. The van der Waals surface area contributed by atoms with Crippen molar-refractivity contribution in [1.82, 2.24) is 14.7 Å². The molecule has 0 saturated carbocycles. The number of furan rings is 1. The summed E-state index contributed by atoms with van der Waals surface area (Å²) in [7, 11) is 0. The van der Waals surface area contributed by atoms with E-state index in [9.17, 15) is 4.79 Å². The Labute approximate surface area is 150 Å². The first-order valence-electron chi connectivity index (χ1n) is 10.1. The molecule has 5 nitrogen and oxygen atoms in total. The highest BCUT2D eigenvalue weighted by atomic mass is 16.3. The summed E-state index contributed by atoms with van der Waals surface area (Å²) in [6.45, 7) is 7.55. The van der Waals surface area contributed by atoms with Gasteiger partial charge in [-0.3, -0.25) is 9.69 Å². The fourth-order valence-corrected chi connectivity index (χ4v) is 4.79. The van der Waals surface area contributed by atoms with Crippen molar-refractivity contribution in [2.24, 2.45) is 5.92 Å². The van der Waals surface area contributed by atoms with Gasteiger partial charge in [0, 0.05) is 37.2 Å². The van der Waals surface area contributed by atoms with Crippen LogP contribution in [0.15, 0.2) is 23.0 Å². The molecule has 3 aliphatic rings. The van der Waals surface area contributed by atoms with Gasteiger partial charge in [0.1, 0.15) is 0 Å². The predicted octanol–water partition coefficient (Wildman–Crippen LogP) is 2.58. The summed E-state index contributed by atoms with van der Waals surface area (Å²) in [5.74, 6) is 0.725. The maximum absolute atomic E-state index is 12.6. The molecular weight excluding hydrogens is 314 g/mol. The third-order valence-corrected chi connectivity index (χ3v) is 6.36. The SMILES string of the molecule is O=C(C1CCN(C2CCN(Cc3ccoc3)CC2)CC1)N1CCCC1. The number of likely N-dealkylation sites (tertiary alicyclic amines) is 3. The highest BCUT2D eigenvalue weighted by Crippen LogP contribution is 2.26. The van der Waals surface area contributed by atoms with Crippen LogP contribution >= 0.6 is 0 Å². The van der Waals surface area contributed by atoms with Crippen molar-refractivity contribution in [2.75, 3.05) is 39.3 Å². The normalized spacial score (nSPS) is 24.9. The van der Waals surface area contributed by atoms with Gasteiger partial charge in [0.25, 0.3) is 0 Å². The van der Waals surface area contributed by atoms with Crippen LogP contribution in [0.1, 0.15) is 44.1 Å². The summed E-state index contributed by atoms with van der Waals surface area (Å²) >= 11 is 0. The van der Waals surface area contributed by atoms with Gasteiger partial charge < -0.3 is 14.2 Å². The fraction of sp³-hybridized carbons (Fsp3) is 0.750. The van der Waals surface area contributed by atoms with E-state index in [0.29, 0.717) is 11.9 Å². The molecule has 0 N–H and O–H groups in total. The highest BCUT2D eigenvalue weighted by molar-refractivity contribution is 5.79. The van der Waals surface area contributed by atoms with Gasteiger partial charge in [-0.1, -0.05) is 0 Å². The van der Waals surface area contributed by atoms with Crippen molar-refractivity contribution in [3.63, 3.8) is 0 Å². The average Bonchev–Trinajstić information content (AvgIpc) is 3.36. The van der Waals surface area contributed by atoms with Gasteiger partial charge in [0.15, 0.2) is 0 Å². The minimum atomic E-state index is 0.288. The van der Waals surface area contributed by atoms with E-state index >= 15 is 0 Å². The van der Waals surface area contributed by atoms with E-state index < -0.39 is 0 Å². The topological polar surface area (TPSA) is 39.9 Å². The summed E-state index contributed by atoms with van der Waals surface area (Å²) in [5, 5.41) is 0. The Bertz CT molecular complexity index is 537. The molecule has 1 aromatic rings. The van der Waals surface area contributed by atoms with Gasteiger partial charge in [-0.15, -0.1) is 0 Å². The molecule has 1 amide bonds. The summed E-state index contributed by atoms with van der Waals surface area (Å²) in [4.78, 5) is 19.9. The number of hydrogen-bond donors (Lipinski definition) is 0. The molecule has 0 unspecified atom stereocenters. The smallest absolute Gasteiger partial charge is 0.225 e. The summed E-state index contributed by atoms with van der Waals surface area (Å²) in [6, 6.07) is 2.78. The summed E-state index contributed by atoms with van der Waals surface area (Å²) in [5.41, 5.74) is 1.28. The molecule has 0 atom stereocenters. The van der Waals surface area contributed by atoms with Crippen LogP contribution in [0.3, 0.4) is 0 Å². The molecule has 3 aliphatic heterocycles. The van der Waals surface area contributed by atoms with Crippen molar-refractivity contribution >= 4 is 5.91 Å². The van der Waals surface area contributed by atoms with E-state index in [2.05, 4.69) is 20.8 Å². The lowest BCUT2D eigenvalue weighted by atomic mass is 9.92. The first-order chi connectivity index (χ1) is 12.3. The molecule has 5 heteroatoms. The van der Waals surface area contributed by atoms with Crippen molar-refractivity contribution < 1.29 is 9.21 Å². The summed E-state index contributed by atoms with van der Waals surface area (Å²) < 4.78 is 5.17. The number of hydrogen-bond acceptors (Lipinski definition) is 4. The molecule has 25 heavy (non-hydrogen) atoms. The molecule has 0 radical (unpaired) electrons. The zero-order chi connectivity index (χ0) is 17.1. The second kappa shape index (κ2) is 7.92. The first-order valence-corrected chi connectivity index (χ1v) is 10.1. The van der Waals surface area contributed by atoms with Gasteiger partial charge in [-0.05, 0) is 70.8 Å². The Morgan fingerprint density at radius 1 is 1.00 bits per heavy atom. The van der Waals surface area contributed by atoms with Crippen molar-refractivity contribution in [3.05, 3.63) is 24.2 Å². The van der Waals surface area contributed by atoms with Gasteiger partial charge >= 0.3 is 0 Å². The van der Waals surface area contributed by atoms with Gasteiger partial charge in [0.05, 0.1) is 12.5 Å². The van der Waals surface area contributed by atoms with Gasteiger partial charge in [-0.25, -0.2) is 0 Å². The largest absolute Gasteiger partial charge is 0.472 e. The molecule has 0 aliphatic carbocycles. The van der Waals surface area contributed by atoms with E-state index in [1.54, 1.807) is 6.26 Å².